The number of aryl methyl sites for hydroxylation is 2. The number of aromatic nitrogens is 2. The van der Waals surface area contributed by atoms with Gasteiger partial charge in [0.2, 0.25) is 0 Å². The first-order valence-electron chi connectivity index (χ1n) is 10.3. The maximum atomic E-state index is 8.94. The van der Waals surface area contributed by atoms with E-state index < -0.39 is 0 Å². The summed E-state index contributed by atoms with van der Waals surface area (Å²) >= 11 is -0.386. The van der Waals surface area contributed by atoms with Gasteiger partial charge >= 0.3 is 160 Å². The second kappa shape index (κ2) is 11.1. The number of anilines is 4. The van der Waals surface area contributed by atoms with Crippen LogP contribution in [0.2, 0.25) is 0 Å². The third kappa shape index (κ3) is 6.05. The number of nitriles is 1. The summed E-state index contributed by atoms with van der Waals surface area (Å²) in [7, 11) is 1.76. The topological polar surface area (TPSA) is 82.9 Å². The Morgan fingerprint density at radius 1 is 1.09 bits per heavy atom. The molecule has 0 saturated heterocycles. The molecule has 2 N–H and O–H groups in total. The molecule has 1 heterocycles. The zero-order valence-electron chi connectivity index (χ0n) is 18.9. The van der Waals surface area contributed by atoms with Crippen LogP contribution in [-0.4, -0.2) is 17.1 Å². The van der Waals surface area contributed by atoms with Crippen molar-refractivity contribution in [2.75, 3.05) is 17.7 Å². The molecule has 2 aromatic carbocycles. The number of rotatable bonds is 8. The van der Waals surface area contributed by atoms with E-state index in [4.69, 9.17) is 8.33 Å². The van der Waals surface area contributed by atoms with Crippen LogP contribution in [0, 0.1) is 31.1 Å². The molecule has 3 aromatic rings. The third-order valence-electron chi connectivity index (χ3n) is 4.92. The molecule has 3 rings (SSSR count). The van der Waals surface area contributed by atoms with Gasteiger partial charge < -0.3 is 0 Å². The molecule has 6 nitrogen and oxygen atoms in total. The average Bonchev–Trinajstić information content (AvgIpc) is 2.77. The van der Waals surface area contributed by atoms with Crippen molar-refractivity contribution >= 4 is 28.7 Å². The minimum absolute atomic E-state index is 0.386. The molecule has 0 aliphatic carbocycles. The van der Waals surface area contributed by atoms with Crippen molar-refractivity contribution < 1.29 is 24.7 Å². The number of hydrogen-bond acceptors (Lipinski definition) is 6. The Kier molecular flexibility index (Phi) is 8.20. The third-order valence-corrected chi connectivity index (χ3v) is 6.35. The number of nitrogens with one attached hydrogen (secondary N) is 2. The number of allylic oxidation sites excluding steroid dienone is 1. The van der Waals surface area contributed by atoms with Crippen LogP contribution in [0.3, 0.4) is 0 Å². The van der Waals surface area contributed by atoms with Gasteiger partial charge in [0.1, 0.15) is 0 Å². The van der Waals surface area contributed by atoms with Gasteiger partial charge in [-0.15, -0.1) is 0 Å². The van der Waals surface area contributed by atoms with Gasteiger partial charge in [0.25, 0.3) is 0 Å². The average molecular weight is 540 g/mol. The van der Waals surface area contributed by atoms with E-state index in [-0.39, 0.29) is 21.6 Å². The Balaban J connectivity index is 1.82. The normalized spacial score (nSPS) is 11.5. The van der Waals surface area contributed by atoms with Crippen LogP contribution in [0.5, 0.6) is 0 Å². The van der Waals surface area contributed by atoms with E-state index >= 15 is 0 Å². The Morgan fingerprint density at radius 2 is 1.78 bits per heavy atom. The van der Waals surface area contributed by atoms with E-state index in [2.05, 4.69) is 70.6 Å². The van der Waals surface area contributed by atoms with Gasteiger partial charge in [-0.3, -0.25) is 0 Å². The van der Waals surface area contributed by atoms with E-state index in [1.54, 1.807) is 25.4 Å². The Hall–Kier alpha value is -2.96. The summed E-state index contributed by atoms with van der Waals surface area (Å²) in [6.45, 7) is 8.65. The van der Waals surface area contributed by atoms with E-state index in [1.807, 2.05) is 18.2 Å². The van der Waals surface area contributed by atoms with Gasteiger partial charge in [0.15, 0.2) is 0 Å². The quantitative estimate of drug-likeness (QED) is 0.428. The minimum atomic E-state index is -0.386. The Bertz CT molecular complexity index is 1130. The zero-order valence-corrected chi connectivity index (χ0v) is 21.1. The number of hydrogen-bond donors (Lipinski definition) is 2. The van der Waals surface area contributed by atoms with Crippen molar-refractivity contribution in [3.8, 4) is 6.07 Å². The van der Waals surface area contributed by atoms with Gasteiger partial charge in [-0.25, -0.2) is 0 Å². The molecule has 0 bridgehead atoms. The Morgan fingerprint density at radius 3 is 2.38 bits per heavy atom. The monoisotopic (exact) mass is 540 g/mol. The van der Waals surface area contributed by atoms with Gasteiger partial charge in [0.05, 0.1) is 11.6 Å². The summed E-state index contributed by atoms with van der Waals surface area (Å²) < 4.78 is 7.62. The van der Waals surface area contributed by atoms with Crippen LogP contribution >= 0.6 is 0 Å². The fraction of sp³-hybridized carbons (Fsp3) is 0.240. The van der Waals surface area contributed by atoms with Crippen molar-refractivity contribution in [3.05, 3.63) is 75.0 Å². The summed E-state index contributed by atoms with van der Waals surface area (Å²) in [6, 6.07) is 15.6. The summed E-state index contributed by atoms with van der Waals surface area (Å²) in [5, 5.41) is 15.6. The van der Waals surface area contributed by atoms with Gasteiger partial charge in [-0.05, 0) is 24.3 Å². The molecule has 0 aliphatic rings. The van der Waals surface area contributed by atoms with Crippen molar-refractivity contribution in [3.63, 3.8) is 0 Å². The number of benzene rings is 2. The molecule has 0 unspecified atom stereocenters. The molecule has 0 saturated carbocycles. The van der Waals surface area contributed by atoms with Gasteiger partial charge in [0, 0.05) is 0 Å². The first kappa shape index (κ1) is 23.7. The molecule has 0 aliphatic heterocycles. The Labute approximate surface area is 200 Å². The van der Waals surface area contributed by atoms with Crippen molar-refractivity contribution in [2.45, 2.75) is 27.7 Å². The van der Waals surface area contributed by atoms with E-state index in [9.17, 15) is 0 Å². The fourth-order valence-corrected chi connectivity index (χ4v) is 4.92. The van der Waals surface area contributed by atoms with Crippen LogP contribution < -0.4 is 32.3 Å². The van der Waals surface area contributed by atoms with Crippen molar-refractivity contribution in [1.29, 1.82) is 5.26 Å². The molecular weight excluding hydrogens is 513 g/mol. The molecular formula is C25H27IN5O-. The van der Waals surface area contributed by atoms with Crippen LogP contribution in [0.25, 0.3) is 5.57 Å². The number of halogens is 1. The van der Waals surface area contributed by atoms with Gasteiger partial charge in [-0.1, -0.05) is 0 Å². The molecule has 32 heavy (non-hydrogen) atoms. The maximum absolute atomic E-state index is 8.94. The first-order valence-corrected chi connectivity index (χ1v) is 12.4. The van der Waals surface area contributed by atoms with Gasteiger partial charge in [-0.2, -0.15) is 5.26 Å². The van der Waals surface area contributed by atoms with Crippen molar-refractivity contribution in [1.82, 2.24) is 9.97 Å². The summed E-state index contributed by atoms with van der Waals surface area (Å²) in [4.78, 5) is 8.90. The molecule has 0 atom stereocenters. The molecule has 0 spiro atoms. The zero-order chi connectivity index (χ0) is 23.1. The summed E-state index contributed by atoms with van der Waals surface area (Å²) in [5.74, 6) is 1.63. The molecule has 7 heteroatoms. The van der Waals surface area contributed by atoms with E-state index in [1.165, 1.54) is 11.1 Å². The predicted molar refractivity (Wildman–Crippen MR) is 125 cm³/mol. The van der Waals surface area contributed by atoms with Crippen LogP contribution in [0.4, 0.5) is 23.1 Å². The van der Waals surface area contributed by atoms with Crippen LogP contribution in [-0.2, 0) is 3.07 Å². The summed E-state index contributed by atoms with van der Waals surface area (Å²) in [5.41, 5.74) is 7.35. The van der Waals surface area contributed by atoms with Crippen molar-refractivity contribution in [2.24, 2.45) is 5.92 Å². The SMILES string of the molecule is CO[I-]/C=C(/c1cc(C)c(Nc2ccnc(Nc3ccc(C#N)cc3)n2)c(C)c1)C(C)C. The van der Waals surface area contributed by atoms with E-state index in [0.29, 0.717) is 23.2 Å². The summed E-state index contributed by atoms with van der Waals surface area (Å²) in [6.07, 6.45) is 1.72. The second-order valence-corrected chi connectivity index (χ2v) is 9.66. The molecule has 166 valence electrons. The number of nitrogens with zero attached hydrogens (tertiary/aromatic N) is 3. The second-order valence-electron chi connectivity index (χ2n) is 7.65. The molecule has 0 amide bonds. The standard InChI is InChI=1S/C25H27IN5O/c1-16(2)22(14-26-32-5)20-12-17(3)24(18(4)13-20)30-23-10-11-28-25(31-23)29-21-8-6-19(15-27)7-9-21/h6-14,16H,1-5H3,(H2,28,29,30,31)/q-1/b22-14+. The predicted octanol–water partition coefficient (Wildman–Crippen LogP) is 3.10. The molecule has 0 fully saturated rings. The fourth-order valence-electron chi connectivity index (χ4n) is 3.32. The van der Waals surface area contributed by atoms with Crippen LogP contribution in [0.15, 0.2) is 52.7 Å². The molecule has 0 radical (unpaired) electrons. The van der Waals surface area contributed by atoms with Crippen LogP contribution in [0.1, 0.15) is 36.1 Å². The molecule has 1 aromatic heterocycles. The first-order chi connectivity index (χ1) is 15.4. The van der Waals surface area contributed by atoms with E-state index in [0.717, 1.165) is 22.5 Å².